The molecule has 0 heterocycles. The Labute approximate surface area is 422 Å². The van der Waals surface area contributed by atoms with Crippen LogP contribution in [0.1, 0.15) is 0 Å². The van der Waals surface area contributed by atoms with Crippen molar-refractivity contribution < 1.29 is 31.3 Å². The van der Waals surface area contributed by atoms with Crippen molar-refractivity contribution in [3.05, 3.63) is 243 Å². The van der Waals surface area contributed by atoms with Crippen molar-refractivity contribution in [2.75, 3.05) is 0 Å². The fourth-order valence-electron chi connectivity index (χ4n) is 10.6. The Kier molecular flexibility index (Phi) is 11.1. The fraction of sp³-hybridized carbons (Fsp3) is 0. The number of hydrogen-bond donors (Lipinski definition) is 3. The summed E-state index contributed by atoms with van der Waals surface area (Å²) < 4.78 is 2.96. The van der Waals surface area contributed by atoms with E-state index < -0.39 is 16.0 Å². The van der Waals surface area contributed by atoms with Gasteiger partial charge in [0.25, 0.3) is 0 Å². The van der Waals surface area contributed by atoms with Gasteiger partial charge in [0.15, 0.2) is 0 Å². The zero-order chi connectivity index (χ0) is 46.9. The van der Waals surface area contributed by atoms with E-state index in [0.717, 1.165) is 122 Å². The first-order valence-corrected chi connectivity index (χ1v) is 26.1. The fourth-order valence-corrected chi connectivity index (χ4v) is 16.1. The van der Waals surface area contributed by atoms with Crippen molar-refractivity contribution in [1.29, 1.82) is 0 Å². The molecule has 0 aliphatic carbocycles. The van der Waals surface area contributed by atoms with Crippen LogP contribution in [0.5, 0.6) is 17.2 Å². The van der Waals surface area contributed by atoms with Crippen LogP contribution in [0.25, 0.3) is 109 Å². The summed E-state index contributed by atoms with van der Waals surface area (Å²) in [6, 6.07) is 83.9. The molecule has 0 radical (unpaired) electrons. The van der Waals surface area contributed by atoms with Crippen molar-refractivity contribution in [3.8, 4) is 61.8 Å². The third kappa shape index (κ3) is 7.38. The first-order valence-electron chi connectivity index (χ1n) is 23.4. The molecule has 3 N–H and O–H groups in total. The molecular weight excluding hydrogens is 977 g/mol. The molecular formula is C66H44ClO3Ru. The van der Waals surface area contributed by atoms with Crippen LogP contribution < -0.4 is 12.5 Å². The third-order valence-corrected chi connectivity index (χ3v) is 18.8. The summed E-state index contributed by atoms with van der Waals surface area (Å²) in [6.07, 6.45) is 0. The van der Waals surface area contributed by atoms with Crippen LogP contribution in [0.2, 0.25) is 0 Å². The molecule has 0 aliphatic heterocycles. The van der Waals surface area contributed by atoms with Crippen LogP contribution >= 0.6 is 12.4 Å². The van der Waals surface area contributed by atoms with Crippen molar-refractivity contribution in [2.24, 2.45) is 0 Å². The van der Waals surface area contributed by atoms with Crippen LogP contribution in [-0.4, -0.2) is 15.3 Å². The molecule has 0 aromatic heterocycles. The monoisotopic (exact) mass is 1020 g/mol. The average Bonchev–Trinajstić information content (AvgIpc) is 3.41. The molecule has 0 aliphatic rings. The minimum absolute atomic E-state index is 0. The summed E-state index contributed by atoms with van der Waals surface area (Å²) in [6.45, 7) is 0. The number of hydrogen-bond acceptors (Lipinski definition) is 3. The first-order chi connectivity index (χ1) is 34.5. The van der Waals surface area contributed by atoms with Crippen molar-refractivity contribution in [2.45, 2.75) is 0 Å². The number of aromatic hydroxyl groups is 3. The van der Waals surface area contributed by atoms with E-state index in [1.807, 2.05) is 60.7 Å². The maximum atomic E-state index is 12.9. The molecule has 0 bridgehead atoms. The van der Waals surface area contributed by atoms with Crippen LogP contribution in [0.4, 0.5) is 0 Å². The van der Waals surface area contributed by atoms with E-state index in [2.05, 4.69) is 182 Å². The van der Waals surface area contributed by atoms with E-state index in [1.54, 1.807) is 0 Å². The van der Waals surface area contributed by atoms with E-state index in [1.165, 1.54) is 0 Å². The second-order valence-electron chi connectivity index (χ2n) is 17.8. The maximum absolute atomic E-state index is 12.9. The molecule has 341 valence electrons. The van der Waals surface area contributed by atoms with E-state index in [4.69, 9.17) is 0 Å². The topological polar surface area (TPSA) is 60.7 Å². The molecule has 13 aromatic rings. The van der Waals surface area contributed by atoms with Gasteiger partial charge in [0, 0.05) is 0 Å². The normalized spacial score (nSPS) is 11.7. The summed E-state index contributed by atoms with van der Waals surface area (Å²) in [5, 5.41) is 49.2. The van der Waals surface area contributed by atoms with Gasteiger partial charge >= 0.3 is 413 Å². The Morgan fingerprint density at radius 3 is 1.13 bits per heavy atom. The summed E-state index contributed by atoms with van der Waals surface area (Å²) in [5.74, 6) is 0.564. The molecule has 13 aromatic carbocycles. The van der Waals surface area contributed by atoms with Gasteiger partial charge in [-0.3, -0.25) is 0 Å². The molecule has 0 spiro atoms. The third-order valence-electron chi connectivity index (χ3n) is 13.8. The molecule has 5 heteroatoms. The standard InChI is InChI=1S/2C26H17O.C14H9O.ClH.Ru/c2*27-25-17-21-16-20(18-8-3-1-4-9-18)14-15-23(21)26-22(12-7-13-24(25)26)19-10-5-2-6-11-19;15-14-9-10-5-1-2-6-11(10)12-7-3-4-8-13(12)14;;/h2*1-12,14-17,27H;1-7,9,15H;1H;. The molecule has 0 amide bonds. The van der Waals surface area contributed by atoms with Crippen molar-refractivity contribution in [1.82, 2.24) is 0 Å². The molecule has 13 rings (SSSR count). The van der Waals surface area contributed by atoms with Gasteiger partial charge in [0.1, 0.15) is 0 Å². The van der Waals surface area contributed by atoms with Gasteiger partial charge in [0.2, 0.25) is 0 Å². The number of rotatable bonds is 7. The van der Waals surface area contributed by atoms with Crippen LogP contribution in [0, 0.1) is 0 Å². The average molecular weight is 1020 g/mol. The minimum atomic E-state index is -2.98. The summed E-state index contributed by atoms with van der Waals surface area (Å²) in [5.41, 5.74) is 8.46. The van der Waals surface area contributed by atoms with Gasteiger partial charge in [-0.25, -0.2) is 0 Å². The van der Waals surface area contributed by atoms with Crippen molar-refractivity contribution in [3.63, 3.8) is 0 Å². The van der Waals surface area contributed by atoms with E-state index in [-0.39, 0.29) is 29.7 Å². The van der Waals surface area contributed by atoms with E-state index in [9.17, 15) is 15.3 Å². The summed E-state index contributed by atoms with van der Waals surface area (Å²) in [4.78, 5) is 0. The van der Waals surface area contributed by atoms with Gasteiger partial charge in [-0.05, 0) is 0 Å². The van der Waals surface area contributed by atoms with Crippen molar-refractivity contribution >= 4 is 89.5 Å². The van der Waals surface area contributed by atoms with Crippen LogP contribution in [0.3, 0.4) is 0 Å². The molecule has 0 fully saturated rings. The Morgan fingerprint density at radius 2 is 0.634 bits per heavy atom. The van der Waals surface area contributed by atoms with E-state index in [0.29, 0.717) is 0 Å². The number of phenols is 3. The Morgan fingerprint density at radius 1 is 0.239 bits per heavy atom. The Hall–Kier alpha value is -8.27. The molecule has 3 nitrogen and oxygen atoms in total. The summed E-state index contributed by atoms with van der Waals surface area (Å²) >= 11 is -2.98. The zero-order valence-corrected chi connectivity index (χ0v) is 40.8. The molecule has 0 saturated heterocycles. The second-order valence-corrected chi connectivity index (χ2v) is 21.9. The van der Waals surface area contributed by atoms with E-state index >= 15 is 0 Å². The molecule has 0 unspecified atom stereocenters. The molecule has 71 heavy (non-hydrogen) atoms. The number of phenolic OH excluding ortho intramolecular Hbond substituents is 3. The van der Waals surface area contributed by atoms with Gasteiger partial charge in [-0.15, -0.1) is 12.4 Å². The van der Waals surface area contributed by atoms with Gasteiger partial charge < -0.3 is 0 Å². The second kappa shape index (κ2) is 17.9. The number of benzene rings is 13. The quantitative estimate of drug-likeness (QED) is 0.110. The molecule has 0 saturated carbocycles. The van der Waals surface area contributed by atoms with Gasteiger partial charge in [-0.1, -0.05) is 0 Å². The summed E-state index contributed by atoms with van der Waals surface area (Å²) in [7, 11) is 0. The zero-order valence-electron chi connectivity index (χ0n) is 38.2. The van der Waals surface area contributed by atoms with Gasteiger partial charge in [-0.2, -0.15) is 0 Å². The number of halogens is 1. The van der Waals surface area contributed by atoms with Crippen LogP contribution in [0.15, 0.2) is 243 Å². The van der Waals surface area contributed by atoms with Crippen LogP contribution in [-0.2, 0) is 16.0 Å². The Bertz CT molecular complexity index is 3990. The molecule has 0 atom stereocenters. The predicted octanol–water partition coefficient (Wildman–Crippen LogP) is 15.7. The first kappa shape index (κ1) is 44.0. The Balaban J connectivity index is 0.00000517. The number of fused-ring (bicyclic) bond motifs is 9. The SMILES string of the molecule is Cl.Oc1cc2ccccc2c2ccc[c]([Ru]([c]3ccc(-c4ccccc4)c4c3c(O)cc3cc(-c5ccccc5)ccc34)[c]3ccc(-c4ccccc4)c4c3c(O)cc3cc(-c5ccccc5)ccc34)c12. The predicted molar refractivity (Wildman–Crippen MR) is 297 cm³/mol. The van der Waals surface area contributed by atoms with Gasteiger partial charge in [0.05, 0.1) is 0 Å².